The third-order valence-electron chi connectivity index (χ3n) is 3.58. The van der Waals surface area contributed by atoms with Gasteiger partial charge in [0.15, 0.2) is 0 Å². The lowest BCUT2D eigenvalue weighted by atomic mass is 10.0. The molecule has 2 heterocycles. The largest absolute Gasteiger partial charge is 0.371 e. The Balaban J connectivity index is 1.98. The number of nitrogens with one attached hydrogen (secondary N) is 2. The molecule has 2 N–H and O–H groups in total. The highest BCUT2D eigenvalue weighted by molar-refractivity contribution is 5.93. The second-order valence-electron chi connectivity index (χ2n) is 5.22. The van der Waals surface area contributed by atoms with E-state index >= 15 is 0 Å². The van der Waals surface area contributed by atoms with Crippen molar-refractivity contribution in [1.82, 2.24) is 15.6 Å². The highest BCUT2D eigenvalue weighted by Crippen LogP contribution is 2.20. The van der Waals surface area contributed by atoms with Crippen molar-refractivity contribution in [2.24, 2.45) is 0 Å². The van der Waals surface area contributed by atoms with Crippen LogP contribution in [0.3, 0.4) is 0 Å². The zero-order chi connectivity index (χ0) is 15.2. The minimum atomic E-state index is -0.146. The number of hydrogen-bond donors (Lipinski definition) is 2. The van der Waals surface area contributed by atoms with E-state index in [1.54, 1.807) is 13.1 Å². The second-order valence-corrected chi connectivity index (χ2v) is 5.22. The summed E-state index contributed by atoms with van der Waals surface area (Å²) in [7, 11) is 0. The average Bonchev–Trinajstić information content (AvgIpc) is 2.48. The first kappa shape index (κ1) is 15.3. The number of carbonyl (C=O) groups is 2. The summed E-state index contributed by atoms with van der Waals surface area (Å²) in [5, 5.41) is 5.71. The number of aromatic nitrogens is 1. The normalized spacial score (nSPS) is 15.6. The van der Waals surface area contributed by atoms with Crippen LogP contribution in [-0.4, -0.2) is 42.5 Å². The molecule has 1 aromatic heterocycles. The molecule has 1 saturated heterocycles. The van der Waals surface area contributed by atoms with E-state index in [0.29, 0.717) is 12.2 Å². The van der Waals surface area contributed by atoms with Gasteiger partial charge in [-0.05, 0) is 31.9 Å². The summed E-state index contributed by atoms with van der Waals surface area (Å²) < 4.78 is 0. The summed E-state index contributed by atoms with van der Waals surface area (Å²) in [5.74, 6) is -0.122. The van der Waals surface area contributed by atoms with Crippen LogP contribution < -0.4 is 15.5 Å². The molecule has 1 fully saturated rings. The number of rotatable bonds is 4. The van der Waals surface area contributed by atoms with Gasteiger partial charge < -0.3 is 15.5 Å². The highest BCUT2D eigenvalue weighted by atomic mass is 16.2. The Bertz CT molecular complexity index is 510. The van der Waals surface area contributed by atoms with E-state index < -0.39 is 0 Å². The molecule has 0 unspecified atom stereocenters. The fourth-order valence-corrected chi connectivity index (χ4v) is 2.56. The number of pyridine rings is 1. The number of nitrogens with zero attached hydrogens (tertiary/aromatic N) is 2. The maximum absolute atomic E-state index is 11.8. The van der Waals surface area contributed by atoms with Crippen LogP contribution in [0.25, 0.3) is 0 Å². The van der Waals surface area contributed by atoms with E-state index in [2.05, 4.69) is 20.5 Å². The van der Waals surface area contributed by atoms with Crippen LogP contribution in [0.1, 0.15) is 37.2 Å². The van der Waals surface area contributed by atoms with E-state index in [1.807, 2.05) is 19.1 Å². The monoisotopic (exact) mass is 290 g/mol. The van der Waals surface area contributed by atoms with Gasteiger partial charge in [-0.25, -0.2) is 0 Å². The Morgan fingerprint density at radius 2 is 2.10 bits per heavy atom. The van der Waals surface area contributed by atoms with Crippen LogP contribution in [0.2, 0.25) is 0 Å². The molecule has 6 nitrogen and oxygen atoms in total. The van der Waals surface area contributed by atoms with Crippen LogP contribution in [0.5, 0.6) is 0 Å². The Kier molecular flexibility index (Phi) is 5.14. The van der Waals surface area contributed by atoms with Crippen molar-refractivity contribution in [3.05, 3.63) is 24.0 Å². The molecular weight excluding hydrogens is 268 g/mol. The number of anilines is 1. The molecular formula is C15H22N4O2. The number of amides is 2. The quantitative estimate of drug-likeness (QED) is 0.865. The molecule has 0 aliphatic carbocycles. The van der Waals surface area contributed by atoms with Gasteiger partial charge in [-0.2, -0.15) is 0 Å². The average molecular weight is 290 g/mol. The van der Waals surface area contributed by atoms with E-state index in [9.17, 15) is 9.59 Å². The molecule has 1 aromatic rings. The van der Waals surface area contributed by atoms with Crippen molar-refractivity contribution in [2.45, 2.75) is 32.7 Å². The lowest BCUT2D eigenvalue weighted by Crippen LogP contribution is -2.44. The zero-order valence-corrected chi connectivity index (χ0v) is 12.6. The molecule has 1 aliphatic heterocycles. The van der Waals surface area contributed by atoms with Crippen molar-refractivity contribution in [3.63, 3.8) is 0 Å². The topological polar surface area (TPSA) is 74.3 Å². The molecule has 0 bridgehead atoms. The summed E-state index contributed by atoms with van der Waals surface area (Å²) in [6.07, 6.45) is 3.50. The number of hydrogen-bond acceptors (Lipinski definition) is 4. The molecule has 1 aliphatic rings. The summed E-state index contributed by atoms with van der Waals surface area (Å²) in [6.45, 7) is 5.75. The molecule has 6 heteroatoms. The van der Waals surface area contributed by atoms with Crippen molar-refractivity contribution >= 4 is 17.5 Å². The van der Waals surface area contributed by atoms with Crippen molar-refractivity contribution in [2.75, 3.05) is 24.5 Å². The number of piperidine rings is 1. The Morgan fingerprint density at radius 1 is 1.38 bits per heavy atom. The van der Waals surface area contributed by atoms with Crippen molar-refractivity contribution in [3.8, 4) is 0 Å². The maximum Gasteiger partial charge on any atom is 0.269 e. The van der Waals surface area contributed by atoms with E-state index in [-0.39, 0.29) is 17.9 Å². The predicted octanol–water partition coefficient (Wildman–Crippen LogP) is 0.936. The number of carbonyl (C=O) groups excluding carboxylic acids is 2. The predicted molar refractivity (Wildman–Crippen MR) is 81.3 cm³/mol. The smallest absolute Gasteiger partial charge is 0.269 e. The third kappa shape index (κ3) is 4.18. The zero-order valence-electron chi connectivity index (χ0n) is 12.6. The minimum absolute atomic E-state index is 0.0240. The van der Waals surface area contributed by atoms with Crippen molar-refractivity contribution in [1.29, 1.82) is 0 Å². The maximum atomic E-state index is 11.8. The minimum Gasteiger partial charge on any atom is -0.371 e. The Labute approximate surface area is 124 Å². The lowest BCUT2D eigenvalue weighted by Gasteiger charge is -2.33. The highest BCUT2D eigenvalue weighted by Gasteiger charge is 2.20. The van der Waals surface area contributed by atoms with Gasteiger partial charge in [0.1, 0.15) is 5.69 Å². The molecule has 0 radical (unpaired) electrons. The lowest BCUT2D eigenvalue weighted by molar-refractivity contribution is -0.119. The SMILES string of the molecule is CCNC(=O)c1cc(N2CCC(NC(C)=O)CC2)ccn1. The summed E-state index contributed by atoms with van der Waals surface area (Å²) in [4.78, 5) is 29.2. The summed E-state index contributed by atoms with van der Waals surface area (Å²) in [6, 6.07) is 3.99. The van der Waals surface area contributed by atoms with Crippen LogP contribution in [0.15, 0.2) is 18.3 Å². The van der Waals surface area contributed by atoms with Crippen LogP contribution in [-0.2, 0) is 4.79 Å². The molecule has 114 valence electrons. The molecule has 2 amide bonds. The van der Waals surface area contributed by atoms with Crippen LogP contribution in [0.4, 0.5) is 5.69 Å². The molecule has 0 spiro atoms. The summed E-state index contributed by atoms with van der Waals surface area (Å²) in [5.41, 5.74) is 1.45. The van der Waals surface area contributed by atoms with E-state index in [4.69, 9.17) is 0 Å². The molecule has 0 saturated carbocycles. The second kappa shape index (κ2) is 7.06. The third-order valence-corrected chi connectivity index (χ3v) is 3.58. The van der Waals surface area contributed by atoms with Crippen molar-refractivity contribution < 1.29 is 9.59 Å². The molecule has 0 atom stereocenters. The Morgan fingerprint density at radius 3 is 2.71 bits per heavy atom. The van der Waals surface area contributed by atoms with Gasteiger partial charge in [-0.15, -0.1) is 0 Å². The van der Waals surface area contributed by atoms with Gasteiger partial charge in [-0.3, -0.25) is 14.6 Å². The van der Waals surface area contributed by atoms with Gasteiger partial charge in [-0.1, -0.05) is 0 Å². The molecule has 21 heavy (non-hydrogen) atoms. The van der Waals surface area contributed by atoms with Gasteiger partial charge in [0.25, 0.3) is 5.91 Å². The first-order valence-corrected chi connectivity index (χ1v) is 7.36. The Hall–Kier alpha value is -2.11. The van der Waals surface area contributed by atoms with Gasteiger partial charge in [0.2, 0.25) is 5.91 Å². The molecule has 0 aromatic carbocycles. The standard InChI is InChI=1S/C15H22N4O2/c1-3-16-15(21)14-10-13(4-7-17-14)19-8-5-12(6-9-19)18-11(2)20/h4,7,10,12H,3,5-6,8-9H2,1-2H3,(H,16,21)(H,18,20). The van der Waals surface area contributed by atoms with Gasteiger partial charge in [0, 0.05) is 44.5 Å². The van der Waals surface area contributed by atoms with E-state index in [0.717, 1.165) is 31.6 Å². The first-order chi connectivity index (χ1) is 10.1. The van der Waals surface area contributed by atoms with Gasteiger partial charge >= 0.3 is 0 Å². The van der Waals surface area contributed by atoms with Crippen LogP contribution >= 0.6 is 0 Å². The molecule has 2 rings (SSSR count). The first-order valence-electron chi connectivity index (χ1n) is 7.36. The van der Waals surface area contributed by atoms with Gasteiger partial charge in [0.05, 0.1) is 0 Å². The van der Waals surface area contributed by atoms with E-state index in [1.165, 1.54) is 0 Å². The fraction of sp³-hybridized carbons (Fsp3) is 0.533. The van der Waals surface area contributed by atoms with Crippen LogP contribution in [0, 0.1) is 0 Å². The fourth-order valence-electron chi connectivity index (χ4n) is 2.56. The summed E-state index contributed by atoms with van der Waals surface area (Å²) >= 11 is 0.